The largest absolute Gasteiger partial charge is 0.338 e. The summed E-state index contributed by atoms with van der Waals surface area (Å²) < 4.78 is 0. The average Bonchev–Trinajstić information content (AvgIpc) is 2.60. The van der Waals surface area contributed by atoms with Gasteiger partial charge >= 0.3 is 6.03 Å². The number of nitrogens with one attached hydrogen (secondary N) is 2. The number of carbonyl (C=O) groups is 2. The van der Waals surface area contributed by atoms with Crippen molar-refractivity contribution in [2.75, 3.05) is 23.8 Å². The minimum absolute atomic E-state index is 0.132. The Balaban J connectivity index is 2.00. The van der Waals surface area contributed by atoms with Gasteiger partial charge in [0.15, 0.2) is 0 Å². The molecule has 0 fully saturated rings. The molecule has 25 heavy (non-hydrogen) atoms. The monoisotopic (exact) mass is 359 g/mol. The summed E-state index contributed by atoms with van der Waals surface area (Å²) in [5, 5.41) is 6.14. The van der Waals surface area contributed by atoms with Crippen LogP contribution in [0.5, 0.6) is 0 Å². The van der Waals surface area contributed by atoms with Crippen LogP contribution >= 0.6 is 11.6 Å². The van der Waals surface area contributed by atoms with Crippen molar-refractivity contribution in [1.82, 2.24) is 5.32 Å². The van der Waals surface area contributed by atoms with E-state index in [4.69, 9.17) is 11.6 Å². The molecule has 0 atom stereocenters. The van der Waals surface area contributed by atoms with Crippen molar-refractivity contribution in [1.29, 1.82) is 0 Å². The molecule has 0 aliphatic heterocycles. The molecule has 0 aliphatic carbocycles. The summed E-state index contributed by atoms with van der Waals surface area (Å²) >= 11 is 5.85. The number of rotatable bonds is 5. The number of amides is 3. The lowest BCUT2D eigenvalue weighted by Crippen LogP contribution is -2.31. The molecule has 0 unspecified atom stereocenters. The van der Waals surface area contributed by atoms with Gasteiger partial charge in [0.1, 0.15) is 0 Å². The first-order valence-electron chi connectivity index (χ1n) is 8.05. The third kappa shape index (κ3) is 5.50. The number of hydrogen-bond acceptors (Lipinski definition) is 2. The minimum Gasteiger partial charge on any atom is -0.338 e. The Morgan fingerprint density at radius 2 is 1.64 bits per heavy atom. The van der Waals surface area contributed by atoms with Crippen molar-refractivity contribution in [2.24, 2.45) is 5.92 Å². The lowest BCUT2D eigenvalue weighted by Gasteiger charge is -2.18. The van der Waals surface area contributed by atoms with Crippen LogP contribution in [0.25, 0.3) is 0 Å². The van der Waals surface area contributed by atoms with Crippen LogP contribution in [0.15, 0.2) is 48.5 Å². The van der Waals surface area contributed by atoms with Crippen LogP contribution in [0, 0.1) is 5.92 Å². The first-order chi connectivity index (χ1) is 11.9. The fourth-order valence-electron chi connectivity index (χ4n) is 2.14. The van der Waals surface area contributed by atoms with E-state index in [0.29, 0.717) is 28.7 Å². The predicted molar refractivity (Wildman–Crippen MR) is 102 cm³/mol. The molecule has 0 radical (unpaired) electrons. The molecule has 0 aliphatic rings. The highest BCUT2D eigenvalue weighted by Crippen LogP contribution is 2.19. The van der Waals surface area contributed by atoms with Gasteiger partial charge in [-0.1, -0.05) is 25.4 Å². The Kier molecular flexibility index (Phi) is 6.42. The Labute approximate surface area is 153 Å². The Bertz CT molecular complexity index is 727. The molecular weight excluding hydrogens is 338 g/mol. The van der Waals surface area contributed by atoms with E-state index in [1.807, 2.05) is 13.8 Å². The van der Waals surface area contributed by atoms with E-state index in [2.05, 4.69) is 10.6 Å². The first-order valence-corrected chi connectivity index (χ1v) is 8.43. The smallest absolute Gasteiger partial charge is 0.319 e. The number of hydrogen-bond donors (Lipinski definition) is 2. The number of carbonyl (C=O) groups excluding carboxylic acids is 2. The van der Waals surface area contributed by atoms with Crippen molar-refractivity contribution >= 4 is 34.9 Å². The van der Waals surface area contributed by atoms with Crippen molar-refractivity contribution in [2.45, 2.75) is 13.8 Å². The topological polar surface area (TPSA) is 61.4 Å². The molecule has 6 heteroatoms. The summed E-state index contributed by atoms with van der Waals surface area (Å²) in [6, 6.07) is 13.6. The van der Waals surface area contributed by atoms with E-state index in [9.17, 15) is 9.59 Å². The van der Waals surface area contributed by atoms with Gasteiger partial charge in [0.05, 0.1) is 0 Å². The molecular formula is C19H22ClN3O2. The van der Waals surface area contributed by atoms with E-state index in [1.165, 1.54) is 0 Å². The molecule has 0 bridgehead atoms. The van der Waals surface area contributed by atoms with E-state index in [1.54, 1.807) is 60.5 Å². The summed E-state index contributed by atoms with van der Waals surface area (Å²) in [5.74, 6) is 0.257. The Morgan fingerprint density at radius 3 is 2.20 bits per heavy atom. The quantitative estimate of drug-likeness (QED) is 0.831. The number of urea groups is 1. The van der Waals surface area contributed by atoms with Crippen LogP contribution in [0.1, 0.15) is 24.2 Å². The highest BCUT2D eigenvalue weighted by Gasteiger charge is 2.13. The van der Waals surface area contributed by atoms with Gasteiger partial charge in [-0.15, -0.1) is 0 Å². The van der Waals surface area contributed by atoms with Crippen LogP contribution in [0.2, 0.25) is 5.02 Å². The SMILES string of the molecule is CC(C)CNC(=O)Nc1ccc(N(C)C(=O)c2ccc(Cl)cc2)cc1. The first kappa shape index (κ1) is 18.8. The maximum atomic E-state index is 12.5. The number of halogens is 1. The lowest BCUT2D eigenvalue weighted by atomic mass is 10.2. The maximum Gasteiger partial charge on any atom is 0.319 e. The number of anilines is 2. The van der Waals surface area contributed by atoms with Crippen LogP contribution in [0.4, 0.5) is 16.2 Å². The molecule has 2 N–H and O–H groups in total. The highest BCUT2D eigenvalue weighted by atomic mass is 35.5. The van der Waals surface area contributed by atoms with Crippen LogP contribution < -0.4 is 15.5 Å². The highest BCUT2D eigenvalue weighted by molar-refractivity contribution is 6.30. The maximum absolute atomic E-state index is 12.5. The predicted octanol–water partition coefficient (Wildman–Crippen LogP) is 4.39. The summed E-state index contributed by atoms with van der Waals surface area (Å²) in [6.07, 6.45) is 0. The van der Waals surface area contributed by atoms with Gasteiger partial charge in [-0.25, -0.2) is 4.79 Å². The second-order valence-electron chi connectivity index (χ2n) is 6.15. The van der Waals surface area contributed by atoms with Gasteiger partial charge in [-0.2, -0.15) is 0 Å². The molecule has 0 saturated carbocycles. The van der Waals surface area contributed by atoms with E-state index in [-0.39, 0.29) is 11.9 Å². The van der Waals surface area contributed by atoms with E-state index >= 15 is 0 Å². The van der Waals surface area contributed by atoms with Gasteiger partial charge in [0, 0.05) is 35.6 Å². The third-order valence-electron chi connectivity index (χ3n) is 3.58. The van der Waals surface area contributed by atoms with Gasteiger partial charge in [-0.05, 0) is 54.4 Å². The Hall–Kier alpha value is -2.53. The van der Waals surface area contributed by atoms with Gasteiger partial charge in [0.25, 0.3) is 5.91 Å². The van der Waals surface area contributed by atoms with Crippen molar-refractivity contribution in [3.05, 3.63) is 59.1 Å². The molecule has 3 amide bonds. The third-order valence-corrected chi connectivity index (χ3v) is 3.83. The average molecular weight is 360 g/mol. The zero-order valence-corrected chi connectivity index (χ0v) is 15.3. The minimum atomic E-state index is -0.243. The zero-order valence-electron chi connectivity index (χ0n) is 14.5. The second kappa shape index (κ2) is 8.53. The molecule has 132 valence electrons. The molecule has 0 aromatic heterocycles. The van der Waals surface area contributed by atoms with Crippen molar-refractivity contribution < 1.29 is 9.59 Å². The summed E-state index contributed by atoms with van der Waals surface area (Å²) in [5.41, 5.74) is 1.95. The molecule has 2 aromatic carbocycles. The second-order valence-corrected chi connectivity index (χ2v) is 6.58. The zero-order chi connectivity index (χ0) is 18.4. The Morgan fingerprint density at radius 1 is 1.04 bits per heavy atom. The number of benzene rings is 2. The molecule has 0 spiro atoms. The molecule has 2 aromatic rings. The summed E-state index contributed by atoms with van der Waals surface area (Å²) in [6.45, 7) is 4.67. The van der Waals surface area contributed by atoms with Crippen LogP contribution in [-0.4, -0.2) is 25.5 Å². The standard InChI is InChI=1S/C19H22ClN3O2/c1-13(2)12-21-19(25)22-16-8-10-17(11-9-16)23(3)18(24)14-4-6-15(20)7-5-14/h4-11,13H,12H2,1-3H3,(H2,21,22,25). The molecule has 5 nitrogen and oxygen atoms in total. The van der Waals surface area contributed by atoms with E-state index < -0.39 is 0 Å². The fourth-order valence-corrected chi connectivity index (χ4v) is 2.27. The normalized spacial score (nSPS) is 10.4. The molecule has 2 rings (SSSR count). The molecule has 0 saturated heterocycles. The van der Waals surface area contributed by atoms with Gasteiger partial charge < -0.3 is 15.5 Å². The number of nitrogens with zero attached hydrogens (tertiary/aromatic N) is 1. The summed E-state index contributed by atoms with van der Waals surface area (Å²) in [7, 11) is 1.70. The fraction of sp³-hybridized carbons (Fsp3) is 0.263. The lowest BCUT2D eigenvalue weighted by molar-refractivity contribution is 0.0993. The van der Waals surface area contributed by atoms with Gasteiger partial charge in [0.2, 0.25) is 0 Å². The van der Waals surface area contributed by atoms with Crippen LogP contribution in [-0.2, 0) is 0 Å². The van der Waals surface area contributed by atoms with Crippen molar-refractivity contribution in [3.8, 4) is 0 Å². The van der Waals surface area contributed by atoms with Crippen LogP contribution in [0.3, 0.4) is 0 Å². The van der Waals surface area contributed by atoms with Gasteiger partial charge in [-0.3, -0.25) is 4.79 Å². The van der Waals surface area contributed by atoms with E-state index in [0.717, 1.165) is 5.69 Å². The van der Waals surface area contributed by atoms with Crippen molar-refractivity contribution in [3.63, 3.8) is 0 Å². The molecule has 0 heterocycles. The summed E-state index contributed by atoms with van der Waals surface area (Å²) in [4.78, 5) is 25.8.